The lowest BCUT2D eigenvalue weighted by Crippen LogP contribution is -2.35. The molecule has 6 rings (SSSR count). The Morgan fingerprint density at radius 3 is 2.58 bits per heavy atom. The Labute approximate surface area is 250 Å². The number of anilines is 3. The summed E-state index contributed by atoms with van der Waals surface area (Å²) >= 11 is 0. The molecular formula is C32H34N6O4S. The van der Waals surface area contributed by atoms with E-state index in [0.29, 0.717) is 42.9 Å². The van der Waals surface area contributed by atoms with Crippen molar-refractivity contribution in [1.82, 2.24) is 14.8 Å². The Balaban J connectivity index is 1.42. The van der Waals surface area contributed by atoms with E-state index in [4.69, 9.17) is 5.73 Å². The van der Waals surface area contributed by atoms with Crippen molar-refractivity contribution < 1.29 is 18.0 Å². The molecule has 0 saturated heterocycles. The molecule has 2 heterocycles. The van der Waals surface area contributed by atoms with E-state index in [0.717, 1.165) is 27.6 Å². The summed E-state index contributed by atoms with van der Waals surface area (Å²) in [6.45, 7) is 0.486. The summed E-state index contributed by atoms with van der Waals surface area (Å²) in [6, 6.07) is 19.0. The van der Waals surface area contributed by atoms with Gasteiger partial charge in [0.05, 0.1) is 10.1 Å². The number of likely N-dealkylation sites (N-methyl/N-ethyl adjacent to an activating group) is 2. The van der Waals surface area contributed by atoms with E-state index in [2.05, 4.69) is 15.6 Å². The number of aromatic nitrogens is 1. The molecule has 0 unspecified atom stereocenters. The Kier molecular flexibility index (Phi) is 7.43. The summed E-state index contributed by atoms with van der Waals surface area (Å²) in [7, 11) is -0.182. The van der Waals surface area contributed by atoms with Crippen LogP contribution in [0.5, 0.6) is 0 Å². The summed E-state index contributed by atoms with van der Waals surface area (Å²) in [5, 5.41) is 7.59. The lowest BCUT2D eigenvalue weighted by Gasteiger charge is -2.27. The van der Waals surface area contributed by atoms with Gasteiger partial charge in [-0.05, 0) is 83.8 Å². The average molecular weight is 599 g/mol. The van der Waals surface area contributed by atoms with Crippen LogP contribution in [0, 0.1) is 0 Å². The van der Waals surface area contributed by atoms with Gasteiger partial charge < -0.3 is 26.2 Å². The van der Waals surface area contributed by atoms with E-state index in [1.165, 1.54) is 4.90 Å². The first-order valence-corrected chi connectivity index (χ1v) is 15.8. The normalized spacial score (nSPS) is 18.1. The Morgan fingerprint density at radius 1 is 0.977 bits per heavy atom. The van der Waals surface area contributed by atoms with Crippen LogP contribution in [0.2, 0.25) is 0 Å². The minimum Gasteiger partial charge on any atom is -0.383 e. The molecule has 0 spiro atoms. The van der Waals surface area contributed by atoms with Crippen LogP contribution in [-0.2, 0) is 27.6 Å². The number of sulfone groups is 1. The number of nitrogens with two attached hydrogens (primary N) is 1. The topological polar surface area (TPSA) is 138 Å². The highest BCUT2D eigenvalue weighted by Crippen LogP contribution is 2.36. The minimum absolute atomic E-state index is 0.0391. The van der Waals surface area contributed by atoms with E-state index < -0.39 is 21.1 Å². The van der Waals surface area contributed by atoms with Gasteiger partial charge in [0.1, 0.15) is 11.9 Å². The number of amides is 3. The Bertz CT molecular complexity index is 1840. The second-order valence-electron chi connectivity index (χ2n) is 11.3. The molecule has 3 aromatic carbocycles. The first kappa shape index (κ1) is 28.5. The van der Waals surface area contributed by atoms with Gasteiger partial charge >= 0.3 is 6.03 Å². The largest absolute Gasteiger partial charge is 0.383 e. The fourth-order valence-electron chi connectivity index (χ4n) is 5.46. The second-order valence-corrected chi connectivity index (χ2v) is 13.5. The lowest BCUT2D eigenvalue weighted by atomic mass is 10.00. The van der Waals surface area contributed by atoms with E-state index in [9.17, 15) is 18.0 Å². The molecule has 4 bridgehead atoms. The zero-order valence-corrected chi connectivity index (χ0v) is 24.9. The van der Waals surface area contributed by atoms with Crippen LogP contribution in [0.15, 0.2) is 77.8 Å². The molecule has 4 aromatic rings. The third-order valence-electron chi connectivity index (χ3n) is 8.09. The highest BCUT2D eigenvalue weighted by atomic mass is 32.2. The Hall–Kier alpha value is -4.64. The fourth-order valence-corrected chi connectivity index (χ4v) is 7.32. The van der Waals surface area contributed by atoms with Crippen LogP contribution in [0.1, 0.15) is 35.6 Å². The number of hydrogen-bond donors (Lipinski definition) is 3. The molecule has 0 radical (unpaired) electrons. The van der Waals surface area contributed by atoms with Crippen LogP contribution < -0.4 is 16.4 Å². The Morgan fingerprint density at radius 2 is 1.79 bits per heavy atom. The van der Waals surface area contributed by atoms with Gasteiger partial charge in [0, 0.05) is 50.1 Å². The number of nitrogens with zero attached hydrogens (tertiary/aromatic N) is 3. The number of rotatable bonds is 4. The summed E-state index contributed by atoms with van der Waals surface area (Å²) in [6.07, 6.45) is 3.47. The monoisotopic (exact) mass is 598 g/mol. The first-order valence-electron chi connectivity index (χ1n) is 14.2. The molecule has 1 atom stereocenters. The van der Waals surface area contributed by atoms with Crippen molar-refractivity contribution in [1.29, 1.82) is 0 Å². The van der Waals surface area contributed by atoms with Crippen LogP contribution in [0.4, 0.5) is 22.0 Å². The molecule has 2 aliphatic rings. The van der Waals surface area contributed by atoms with E-state index in [-0.39, 0.29) is 23.4 Å². The highest BCUT2D eigenvalue weighted by Gasteiger charge is 2.38. The van der Waals surface area contributed by atoms with Crippen molar-refractivity contribution in [3.8, 4) is 0 Å². The number of pyridine rings is 1. The second kappa shape index (κ2) is 11.2. The summed E-state index contributed by atoms with van der Waals surface area (Å²) in [5.74, 6) is 0.196. The molecule has 222 valence electrons. The van der Waals surface area contributed by atoms with E-state index in [1.54, 1.807) is 43.4 Å². The van der Waals surface area contributed by atoms with Crippen LogP contribution >= 0.6 is 0 Å². The van der Waals surface area contributed by atoms with E-state index >= 15 is 0 Å². The molecule has 1 aliphatic heterocycles. The number of urea groups is 1. The number of hydrogen-bond acceptors (Lipinski definition) is 7. The quantitative estimate of drug-likeness (QED) is 0.313. The SMILES string of the molecule is CN1CCc2cccc(c2)[C@@H](Nc2ccc3c(N)nccc3c2)C(=O)N(C)Cc2cc(ccc2S(=O)(=O)C2CC2)NC1=O. The van der Waals surface area contributed by atoms with Gasteiger partial charge in [-0.1, -0.05) is 24.3 Å². The maximum atomic E-state index is 14.2. The molecule has 4 N–H and O–H groups in total. The lowest BCUT2D eigenvalue weighted by molar-refractivity contribution is -0.131. The van der Waals surface area contributed by atoms with Crippen LogP contribution in [0.25, 0.3) is 10.8 Å². The molecule has 43 heavy (non-hydrogen) atoms. The fraction of sp³-hybridized carbons (Fsp3) is 0.281. The predicted molar refractivity (Wildman–Crippen MR) is 167 cm³/mol. The zero-order chi connectivity index (χ0) is 30.3. The van der Waals surface area contributed by atoms with Gasteiger partial charge in [-0.15, -0.1) is 0 Å². The maximum absolute atomic E-state index is 14.2. The number of nitrogens with one attached hydrogen (secondary N) is 2. The molecule has 10 nitrogen and oxygen atoms in total. The summed E-state index contributed by atoms with van der Waals surface area (Å²) in [4.78, 5) is 34.7. The zero-order valence-electron chi connectivity index (χ0n) is 24.1. The number of carbonyl (C=O) groups excluding carboxylic acids is 2. The average Bonchev–Trinajstić information content (AvgIpc) is 3.85. The van der Waals surface area contributed by atoms with Crippen molar-refractivity contribution in [3.05, 3.63) is 89.6 Å². The summed E-state index contributed by atoms with van der Waals surface area (Å²) in [5.41, 5.74) is 9.43. The van der Waals surface area contributed by atoms with Crippen molar-refractivity contribution in [2.75, 3.05) is 37.0 Å². The van der Waals surface area contributed by atoms with Gasteiger partial charge in [-0.25, -0.2) is 18.2 Å². The molecule has 1 saturated carbocycles. The van der Waals surface area contributed by atoms with Gasteiger partial charge in [-0.2, -0.15) is 0 Å². The number of nitrogen functional groups attached to an aromatic ring is 1. The smallest absolute Gasteiger partial charge is 0.321 e. The van der Waals surface area contributed by atoms with Gasteiger partial charge in [-0.3, -0.25) is 4.79 Å². The molecular weight excluding hydrogens is 564 g/mol. The highest BCUT2D eigenvalue weighted by molar-refractivity contribution is 7.92. The van der Waals surface area contributed by atoms with Crippen molar-refractivity contribution in [2.45, 2.75) is 42.0 Å². The first-order chi connectivity index (χ1) is 20.6. The third kappa shape index (κ3) is 5.85. The van der Waals surface area contributed by atoms with Crippen molar-refractivity contribution >= 4 is 49.7 Å². The van der Waals surface area contributed by atoms with Crippen molar-refractivity contribution in [3.63, 3.8) is 0 Å². The molecule has 11 heteroatoms. The molecule has 1 fully saturated rings. The van der Waals surface area contributed by atoms with Gasteiger partial charge in [0.15, 0.2) is 9.84 Å². The number of carbonyl (C=O) groups is 2. The maximum Gasteiger partial charge on any atom is 0.321 e. The van der Waals surface area contributed by atoms with Gasteiger partial charge in [0.25, 0.3) is 0 Å². The molecule has 1 aliphatic carbocycles. The van der Waals surface area contributed by atoms with Crippen LogP contribution in [0.3, 0.4) is 0 Å². The van der Waals surface area contributed by atoms with Crippen molar-refractivity contribution in [2.24, 2.45) is 0 Å². The predicted octanol–water partition coefficient (Wildman–Crippen LogP) is 4.58. The standard InChI is InChI=1S/C32H34N6O4S/c1-37-15-13-20-4-3-5-22(16-20)29(35-24-6-10-27-21(17-24)12-14-34-30(27)33)31(39)38(2)19-23-18-25(36-32(37)40)7-11-28(23)43(41,42)26-8-9-26/h3-7,10-12,14,16-18,26,29,35H,8-9,13,15,19H2,1-2H3,(H2,33,34)(H,36,40)/t29-/m1/s1. The number of fused-ring (bicyclic) bond motifs is 5. The van der Waals surface area contributed by atoms with Crippen LogP contribution in [-0.4, -0.2) is 61.0 Å². The minimum atomic E-state index is -3.56. The van der Waals surface area contributed by atoms with E-state index in [1.807, 2.05) is 48.5 Å². The molecule has 1 aromatic heterocycles. The summed E-state index contributed by atoms with van der Waals surface area (Å²) < 4.78 is 26.7. The van der Waals surface area contributed by atoms with Gasteiger partial charge in [0.2, 0.25) is 5.91 Å². The third-order valence-corrected chi connectivity index (χ3v) is 10.4. The number of benzene rings is 3. The molecule has 3 amide bonds.